The highest BCUT2D eigenvalue weighted by molar-refractivity contribution is 6.30. The summed E-state index contributed by atoms with van der Waals surface area (Å²) in [4.78, 5) is 31.1. The van der Waals surface area contributed by atoms with Gasteiger partial charge in [0.1, 0.15) is 6.04 Å². The molecule has 4 rings (SSSR count). The predicted molar refractivity (Wildman–Crippen MR) is 114 cm³/mol. The molecule has 1 aliphatic heterocycles. The number of amides is 1. The zero-order valence-electron chi connectivity index (χ0n) is 17.6. The first-order valence-electron chi connectivity index (χ1n) is 10.4. The minimum Gasteiger partial charge on any atom is -0.464 e. The zero-order chi connectivity index (χ0) is 23.8. The van der Waals surface area contributed by atoms with Crippen molar-refractivity contribution >= 4 is 29.1 Å². The molecule has 0 radical (unpaired) electrons. The van der Waals surface area contributed by atoms with Gasteiger partial charge in [0.15, 0.2) is 17.0 Å². The van der Waals surface area contributed by atoms with Crippen molar-refractivity contribution in [1.29, 1.82) is 0 Å². The topological polar surface area (TPSA) is 76.8 Å². The Bertz CT molecular complexity index is 1190. The van der Waals surface area contributed by atoms with Crippen LogP contribution < -0.4 is 0 Å². The lowest BCUT2D eigenvalue weighted by Gasteiger charge is -2.33. The van der Waals surface area contributed by atoms with E-state index in [1.165, 1.54) is 11.0 Å². The first kappa shape index (κ1) is 23.0. The van der Waals surface area contributed by atoms with E-state index in [-0.39, 0.29) is 30.2 Å². The molecular formula is C22H20ClF3N4O3. The molecule has 1 aliphatic rings. The minimum absolute atomic E-state index is 0.0627. The van der Waals surface area contributed by atoms with E-state index in [0.29, 0.717) is 27.9 Å². The van der Waals surface area contributed by atoms with Crippen molar-refractivity contribution in [3.05, 3.63) is 52.8 Å². The Hall–Kier alpha value is -3.14. The summed E-state index contributed by atoms with van der Waals surface area (Å²) in [6.07, 6.45) is -2.91. The number of carbonyl (C=O) groups excluding carboxylic acids is 2. The van der Waals surface area contributed by atoms with Gasteiger partial charge in [0.2, 0.25) is 0 Å². The highest BCUT2D eigenvalue weighted by Crippen LogP contribution is 2.33. The molecule has 0 spiro atoms. The van der Waals surface area contributed by atoms with Crippen molar-refractivity contribution in [2.45, 2.75) is 38.4 Å². The molecule has 1 atom stereocenters. The number of likely N-dealkylation sites (tertiary alicyclic amines) is 1. The molecule has 0 N–H and O–H groups in total. The number of carbonyl (C=O) groups is 2. The van der Waals surface area contributed by atoms with Crippen LogP contribution >= 0.6 is 11.6 Å². The third-order valence-corrected chi connectivity index (χ3v) is 5.65. The molecule has 1 fully saturated rings. The van der Waals surface area contributed by atoms with Crippen LogP contribution in [0, 0.1) is 0 Å². The molecule has 174 valence electrons. The third kappa shape index (κ3) is 4.66. The van der Waals surface area contributed by atoms with Gasteiger partial charge >= 0.3 is 12.1 Å². The van der Waals surface area contributed by atoms with Gasteiger partial charge in [0.25, 0.3) is 5.91 Å². The minimum atomic E-state index is -4.74. The van der Waals surface area contributed by atoms with Crippen LogP contribution in [-0.4, -0.2) is 50.6 Å². The number of piperidine rings is 1. The van der Waals surface area contributed by atoms with Gasteiger partial charge in [0.05, 0.1) is 12.3 Å². The van der Waals surface area contributed by atoms with Gasteiger partial charge in [-0.2, -0.15) is 18.3 Å². The summed E-state index contributed by atoms with van der Waals surface area (Å²) in [7, 11) is 0. The average molecular weight is 481 g/mol. The molecular weight excluding hydrogens is 461 g/mol. The number of hydrogen-bond donors (Lipinski definition) is 0. The second-order valence-electron chi connectivity index (χ2n) is 7.59. The van der Waals surface area contributed by atoms with E-state index < -0.39 is 29.8 Å². The van der Waals surface area contributed by atoms with E-state index in [2.05, 4.69) is 10.1 Å². The fourth-order valence-corrected chi connectivity index (χ4v) is 3.98. The Labute approximate surface area is 192 Å². The number of benzene rings is 1. The van der Waals surface area contributed by atoms with Crippen molar-refractivity contribution in [1.82, 2.24) is 19.5 Å². The maximum atomic E-state index is 13.8. The van der Waals surface area contributed by atoms with Gasteiger partial charge in [-0.05, 0) is 44.4 Å². The van der Waals surface area contributed by atoms with Crippen molar-refractivity contribution in [2.24, 2.45) is 0 Å². The third-order valence-electron chi connectivity index (χ3n) is 5.40. The first-order chi connectivity index (χ1) is 15.7. The number of halogens is 4. The first-order valence-corrected chi connectivity index (χ1v) is 10.8. The summed E-state index contributed by atoms with van der Waals surface area (Å²) in [5.74, 6) is -1.17. The van der Waals surface area contributed by atoms with Crippen molar-refractivity contribution < 1.29 is 27.5 Å². The Morgan fingerprint density at radius 2 is 1.91 bits per heavy atom. The van der Waals surface area contributed by atoms with Crippen LogP contribution in [-0.2, 0) is 15.7 Å². The van der Waals surface area contributed by atoms with Crippen LogP contribution in [0.3, 0.4) is 0 Å². The number of ether oxygens (including phenoxy) is 1. The Balaban J connectivity index is 1.77. The number of fused-ring (bicyclic) bond motifs is 1. The van der Waals surface area contributed by atoms with Crippen LogP contribution in [0.5, 0.6) is 0 Å². The fourth-order valence-electron chi connectivity index (χ4n) is 3.85. The molecule has 7 nitrogen and oxygen atoms in total. The van der Waals surface area contributed by atoms with Gasteiger partial charge in [-0.15, -0.1) is 0 Å². The lowest BCUT2D eigenvalue weighted by molar-refractivity contribution is -0.149. The molecule has 1 saturated heterocycles. The highest BCUT2D eigenvalue weighted by atomic mass is 35.5. The van der Waals surface area contributed by atoms with E-state index in [1.807, 2.05) is 0 Å². The van der Waals surface area contributed by atoms with Crippen molar-refractivity contribution in [3.8, 4) is 11.3 Å². The number of rotatable bonds is 4. The summed E-state index contributed by atoms with van der Waals surface area (Å²) in [5, 5.41) is 4.35. The quantitative estimate of drug-likeness (QED) is 0.509. The summed E-state index contributed by atoms with van der Waals surface area (Å²) >= 11 is 5.87. The highest BCUT2D eigenvalue weighted by Gasteiger charge is 2.38. The number of nitrogens with zero attached hydrogens (tertiary/aromatic N) is 4. The van der Waals surface area contributed by atoms with E-state index in [9.17, 15) is 22.8 Å². The summed E-state index contributed by atoms with van der Waals surface area (Å²) in [6, 6.07) is 7.49. The normalized spacial score (nSPS) is 16.8. The maximum Gasteiger partial charge on any atom is 0.433 e. The summed E-state index contributed by atoms with van der Waals surface area (Å²) < 4.78 is 47.2. The Morgan fingerprint density at radius 1 is 1.18 bits per heavy atom. The lowest BCUT2D eigenvalue weighted by atomic mass is 10.0. The Kier molecular flexibility index (Phi) is 6.29. The average Bonchev–Trinajstić information content (AvgIpc) is 3.22. The summed E-state index contributed by atoms with van der Waals surface area (Å²) in [6.45, 7) is 2.11. The van der Waals surface area contributed by atoms with Gasteiger partial charge < -0.3 is 9.64 Å². The van der Waals surface area contributed by atoms with E-state index in [4.69, 9.17) is 16.3 Å². The van der Waals surface area contributed by atoms with Crippen LogP contribution in [0.15, 0.2) is 36.4 Å². The predicted octanol–water partition coefficient (Wildman–Crippen LogP) is 4.63. The SMILES string of the molecule is CCOC(=O)C1CCCCN1C(=O)c1cc2nc(-c3ccc(Cl)cc3)cc(C(F)(F)F)n2n1. The van der Waals surface area contributed by atoms with Gasteiger partial charge in [0, 0.05) is 23.2 Å². The monoisotopic (exact) mass is 480 g/mol. The van der Waals surface area contributed by atoms with Crippen LogP contribution in [0.2, 0.25) is 5.02 Å². The van der Waals surface area contributed by atoms with Crippen molar-refractivity contribution in [3.63, 3.8) is 0 Å². The van der Waals surface area contributed by atoms with E-state index in [0.717, 1.165) is 12.5 Å². The molecule has 3 heterocycles. The number of aromatic nitrogens is 3. The van der Waals surface area contributed by atoms with E-state index in [1.54, 1.807) is 31.2 Å². The smallest absolute Gasteiger partial charge is 0.433 e. The molecule has 1 unspecified atom stereocenters. The van der Waals surface area contributed by atoms with Crippen molar-refractivity contribution in [2.75, 3.05) is 13.2 Å². The van der Waals surface area contributed by atoms with Gasteiger partial charge in [-0.1, -0.05) is 23.7 Å². The summed E-state index contributed by atoms with van der Waals surface area (Å²) in [5.41, 5.74) is -0.940. The second-order valence-corrected chi connectivity index (χ2v) is 8.03. The Morgan fingerprint density at radius 3 is 2.58 bits per heavy atom. The zero-order valence-corrected chi connectivity index (χ0v) is 18.4. The molecule has 1 amide bonds. The number of hydrogen-bond acceptors (Lipinski definition) is 5. The molecule has 1 aromatic carbocycles. The molecule has 2 aromatic heterocycles. The van der Waals surface area contributed by atoms with Crippen LogP contribution in [0.4, 0.5) is 13.2 Å². The lowest BCUT2D eigenvalue weighted by Crippen LogP contribution is -2.48. The molecule has 0 bridgehead atoms. The molecule has 33 heavy (non-hydrogen) atoms. The number of esters is 1. The standard InChI is InChI=1S/C22H20ClF3N4O3/c1-2-33-21(32)17-5-3-4-10-29(17)20(31)16-12-19-27-15(13-6-8-14(23)9-7-13)11-18(22(24,25)26)30(19)28-16/h6-9,11-12,17H,2-5,10H2,1H3. The molecule has 3 aromatic rings. The molecule has 11 heteroatoms. The van der Waals surface area contributed by atoms with E-state index >= 15 is 0 Å². The maximum absolute atomic E-state index is 13.8. The largest absolute Gasteiger partial charge is 0.464 e. The number of alkyl halides is 3. The van der Waals surface area contributed by atoms with Gasteiger partial charge in [-0.3, -0.25) is 4.79 Å². The fraction of sp³-hybridized carbons (Fsp3) is 0.364. The molecule has 0 aliphatic carbocycles. The second kappa shape index (κ2) is 9.01. The molecule has 0 saturated carbocycles. The van der Waals surface area contributed by atoms with Crippen LogP contribution in [0.1, 0.15) is 42.4 Å². The van der Waals surface area contributed by atoms with Gasteiger partial charge in [-0.25, -0.2) is 14.3 Å². The van der Waals surface area contributed by atoms with Crippen LogP contribution in [0.25, 0.3) is 16.9 Å².